The van der Waals surface area contributed by atoms with Crippen molar-refractivity contribution in [1.29, 1.82) is 0 Å². The second kappa shape index (κ2) is 10.7. The second-order valence-electron chi connectivity index (χ2n) is 8.14. The van der Waals surface area contributed by atoms with Crippen LogP contribution in [0.4, 0.5) is 4.79 Å². The molecule has 0 unspecified atom stereocenters. The van der Waals surface area contributed by atoms with Crippen molar-refractivity contribution in [3.63, 3.8) is 0 Å². The van der Waals surface area contributed by atoms with Crippen molar-refractivity contribution >= 4 is 6.03 Å². The van der Waals surface area contributed by atoms with Gasteiger partial charge in [-0.15, -0.1) is 0 Å². The summed E-state index contributed by atoms with van der Waals surface area (Å²) in [6, 6.07) is 23.6. The van der Waals surface area contributed by atoms with Gasteiger partial charge in [0.25, 0.3) is 0 Å². The maximum Gasteiger partial charge on any atom is 0.315 e. The molecular weight excluding hydrogens is 384 g/mol. The highest BCUT2D eigenvalue weighted by atomic mass is 16.2. The van der Waals surface area contributed by atoms with E-state index in [1.54, 1.807) is 12.4 Å². The van der Waals surface area contributed by atoms with Gasteiger partial charge in [0.2, 0.25) is 0 Å². The maximum atomic E-state index is 12.2. The molecule has 4 rings (SSSR count). The highest BCUT2D eigenvalue weighted by Gasteiger charge is 2.22. The van der Waals surface area contributed by atoms with Gasteiger partial charge in [0.15, 0.2) is 0 Å². The van der Waals surface area contributed by atoms with Gasteiger partial charge in [-0.05, 0) is 54.0 Å². The van der Waals surface area contributed by atoms with Crippen LogP contribution in [0.25, 0.3) is 11.1 Å². The van der Waals surface area contributed by atoms with Crippen molar-refractivity contribution < 1.29 is 4.79 Å². The highest BCUT2D eigenvalue weighted by Crippen LogP contribution is 2.24. The molecule has 31 heavy (non-hydrogen) atoms. The minimum atomic E-state index is -0.1000. The van der Waals surface area contributed by atoms with Crippen LogP contribution in [0, 0.1) is 0 Å². The van der Waals surface area contributed by atoms with Crippen LogP contribution in [0.1, 0.15) is 36.8 Å². The van der Waals surface area contributed by atoms with E-state index in [-0.39, 0.29) is 12.1 Å². The van der Waals surface area contributed by atoms with E-state index in [1.165, 1.54) is 16.7 Å². The van der Waals surface area contributed by atoms with Crippen molar-refractivity contribution in [3.8, 4) is 11.1 Å². The van der Waals surface area contributed by atoms with Gasteiger partial charge in [-0.1, -0.05) is 60.7 Å². The standard InChI is InChI=1S/C26H30N4O/c31-26(29-18-20-7-6-16-27-17-20)30-24-14-12-23(13-15-24)28-19-22-10-4-5-11-25(22)21-8-2-1-3-9-21/h1-11,16-17,23-24,28H,12-15,18-19H2,(H2,29,30,31). The fourth-order valence-electron chi connectivity index (χ4n) is 4.19. The molecule has 0 aliphatic heterocycles. The smallest absolute Gasteiger partial charge is 0.315 e. The van der Waals surface area contributed by atoms with Crippen LogP contribution in [0.2, 0.25) is 0 Å². The number of carbonyl (C=O) groups excluding carboxylic acids is 1. The Balaban J connectivity index is 1.21. The third kappa shape index (κ3) is 6.15. The Morgan fingerprint density at radius 2 is 1.58 bits per heavy atom. The van der Waals surface area contributed by atoms with E-state index in [0.29, 0.717) is 12.6 Å². The van der Waals surface area contributed by atoms with Crippen LogP contribution in [0.3, 0.4) is 0 Å². The summed E-state index contributed by atoms with van der Waals surface area (Å²) in [6.45, 7) is 1.36. The Hall–Kier alpha value is -3.18. The summed E-state index contributed by atoms with van der Waals surface area (Å²) < 4.78 is 0. The first-order chi connectivity index (χ1) is 15.3. The molecule has 0 bridgehead atoms. The number of hydrogen-bond donors (Lipinski definition) is 3. The summed E-state index contributed by atoms with van der Waals surface area (Å²) in [5.74, 6) is 0. The molecule has 1 aliphatic rings. The number of pyridine rings is 1. The number of nitrogens with one attached hydrogen (secondary N) is 3. The molecule has 0 spiro atoms. The molecule has 1 aliphatic carbocycles. The average molecular weight is 415 g/mol. The van der Waals surface area contributed by atoms with Gasteiger partial charge in [0.05, 0.1) is 0 Å². The molecule has 1 fully saturated rings. The van der Waals surface area contributed by atoms with E-state index in [0.717, 1.165) is 37.8 Å². The monoisotopic (exact) mass is 414 g/mol. The molecule has 1 saturated carbocycles. The van der Waals surface area contributed by atoms with E-state index in [2.05, 4.69) is 75.5 Å². The van der Waals surface area contributed by atoms with Crippen molar-refractivity contribution in [1.82, 2.24) is 20.9 Å². The molecule has 5 heteroatoms. The zero-order valence-corrected chi connectivity index (χ0v) is 17.8. The van der Waals surface area contributed by atoms with Gasteiger partial charge in [0, 0.05) is 37.6 Å². The lowest BCUT2D eigenvalue weighted by atomic mass is 9.91. The Kier molecular flexibility index (Phi) is 7.29. The Bertz CT molecular complexity index is 953. The Morgan fingerprint density at radius 3 is 2.35 bits per heavy atom. The van der Waals surface area contributed by atoms with E-state index < -0.39 is 0 Å². The van der Waals surface area contributed by atoms with Crippen LogP contribution in [0.5, 0.6) is 0 Å². The average Bonchev–Trinajstić information content (AvgIpc) is 2.84. The summed E-state index contributed by atoms with van der Waals surface area (Å²) in [6.07, 6.45) is 7.64. The zero-order valence-electron chi connectivity index (χ0n) is 17.8. The molecule has 3 aromatic rings. The van der Waals surface area contributed by atoms with Crippen LogP contribution in [-0.2, 0) is 13.1 Å². The number of benzene rings is 2. The Labute approximate surface area is 184 Å². The molecule has 5 nitrogen and oxygen atoms in total. The van der Waals surface area contributed by atoms with Crippen molar-refractivity contribution in [2.45, 2.75) is 50.9 Å². The van der Waals surface area contributed by atoms with Gasteiger partial charge >= 0.3 is 6.03 Å². The number of rotatable bonds is 7. The third-order valence-corrected chi connectivity index (χ3v) is 5.92. The van der Waals surface area contributed by atoms with Gasteiger partial charge in [-0.2, -0.15) is 0 Å². The number of nitrogens with zero attached hydrogens (tertiary/aromatic N) is 1. The number of hydrogen-bond acceptors (Lipinski definition) is 3. The number of aromatic nitrogens is 1. The number of amides is 2. The predicted octanol–water partition coefficient (Wildman–Crippen LogP) is 4.65. The fourth-order valence-corrected chi connectivity index (χ4v) is 4.19. The van der Waals surface area contributed by atoms with Crippen LogP contribution < -0.4 is 16.0 Å². The van der Waals surface area contributed by atoms with Gasteiger partial charge in [-0.25, -0.2) is 4.79 Å². The molecule has 160 valence electrons. The van der Waals surface area contributed by atoms with E-state index in [1.807, 2.05) is 12.1 Å². The first kappa shape index (κ1) is 21.1. The maximum absolute atomic E-state index is 12.2. The first-order valence-electron chi connectivity index (χ1n) is 11.1. The molecule has 1 aromatic heterocycles. The SMILES string of the molecule is O=C(NCc1cccnc1)NC1CCC(NCc2ccccc2-c2ccccc2)CC1. The second-order valence-corrected chi connectivity index (χ2v) is 8.14. The normalized spacial score (nSPS) is 18.3. The number of carbonyl (C=O) groups is 1. The molecule has 2 amide bonds. The molecule has 0 radical (unpaired) electrons. The van der Waals surface area contributed by atoms with Crippen LogP contribution in [0.15, 0.2) is 79.1 Å². The van der Waals surface area contributed by atoms with E-state index >= 15 is 0 Å². The minimum Gasteiger partial charge on any atom is -0.335 e. The number of urea groups is 1. The lowest BCUT2D eigenvalue weighted by Crippen LogP contribution is -2.45. The predicted molar refractivity (Wildman–Crippen MR) is 124 cm³/mol. The highest BCUT2D eigenvalue weighted by molar-refractivity contribution is 5.74. The fraction of sp³-hybridized carbons (Fsp3) is 0.308. The Morgan fingerprint density at radius 1 is 0.839 bits per heavy atom. The topological polar surface area (TPSA) is 66.0 Å². The molecule has 0 saturated heterocycles. The summed E-state index contributed by atoms with van der Waals surface area (Å²) >= 11 is 0. The third-order valence-electron chi connectivity index (χ3n) is 5.92. The largest absolute Gasteiger partial charge is 0.335 e. The van der Waals surface area contributed by atoms with E-state index in [4.69, 9.17) is 0 Å². The van der Waals surface area contributed by atoms with E-state index in [9.17, 15) is 4.79 Å². The van der Waals surface area contributed by atoms with Gasteiger partial charge < -0.3 is 16.0 Å². The summed E-state index contributed by atoms with van der Waals surface area (Å²) in [5.41, 5.74) is 4.87. The molecule has 0 atom stereocenters. The van der Waals surface area contributed by atoms with Crippen LogP contribution >= 0.6 is 0 Å². The van der Waals surface area contributed by atoms with Gasteiger partial charge in [-0.3, -0.25) is 4.98 Å². The molecular formula is C26H30N4O. The van der Waals surface area contributed by atoms with Crippen molar-refractivity contribution in [3.05, 3.63) is 90.3 Å². The zero-order chi connectivity index (χ0) is 21.3. The lowest BCUT2D eigenvalue weighted by Gasteiger charge is -2.30. The molecule has 1 heterocycles. The first-order valence-corrected chi connectivity index (χ1v) is 11.1. The summed E-state index contributed by atoms with van der Waals surface area (Å²) in [4.78, 5) is 16.3. The summed E-state index contributed by atoms with van der Waals surface area (Å²) in [7, 11) is 0. The lowest BCUT2D eigenvalue weighted by molar-refractivity contribution is 0.228. The summed E-state index contributed by atoms with van der Waals surface area (Å²) in [5, 5.41) is 9.77. The molecule has 2 aromatic carbocycles. The van der Waals surface area contributed by atoms with Crippen molar-refractivity contribution in [2.24, 2.45) is 0 Å². The quantitative estimate of drug-likeness (QED) is 0.527. The van der Waals surface area contributed by atoms with Crippen molar-refractivity contribution in [2.75, 3.05) is 0 Å². The minimum absolute atomic E-state index is 0.1000. The van der Waals surface area contributed by atoms with Gasteiger partial charge in [0.1, 0.15) is 0 Å². The molecule has 3 N–H and O–H groups in total. The van der Waals surface area contributed by atoms with Crippen LogP contribution in [-0.4, -0.2) is 23.1 Å².